The molecule has 25 heavy (non-hydrogen) atoms. The van der Waals surface area contributed by atoms with Crippen molar-refractivity contribution in [1.82, 2.24) is 15.3 Å². The highest BCUT2D eigenvalue weighted by Crippen LogP contribution is 2.31. The molecule has 1 saturated carbocycles. The predicted molar refractivity (Wildman–Crippen MR) is 92.1 cm³/mol. The fourth-order valence-corrected chi connectivity index (χ4v) is 4.01. The zero-order chi connectivity index (χ0) is 17.6. The van der Waals surface area contributed by atoms with Gasteiger partial charge in [-0.3, -0.25) is 4.79 Å². The Kier molecular flexibility index (Phi) is 5.96. The standard InChI is InChI=1S/C18H19F2N3OS/c19-15-4-1-3-12(17(15)20)11-16(24)23-13-5-7-14(8-6-13)25-18-21-9-2-10-22-18/h1-4,9-10,13-14H,5-8,11H2,(H,23,24). The molecule has 2 aromatic rings. The third-order valence-corrected chi connectivity index (χ3v) is 5.46. The van der Waals surface area contributed by atoms with Gasteiger partial charge >= 0.3 is 0 Å². The number of carbonyl (C=O) groups excluding carboxylic acids is 1. The van der Waals surface area contributed by atoms with E-state index in [1.807, 2.05) is 0 Å². The minimum Gasteiger partial charge on any atom is -0.353 e. The third-order valence-electron chi connectivity index (χ3n) is 4.24. The van der Waals surface area contributed by atoms with Crippen LogP contribution in [0.15, 0.2) is 41.8 Å². The van der Waals surface area contributed by atoms with Crippen LogP contribution in [-0.2, 0) is 11.2 Å². The van der Waals surface area contributed by atoms with Gasteiger partial charge in [0.15, 0.2) is 16.8 Å². The van der Waals surface area contributed by atoms with Crippen molar-refractivity contribution in [3.05, 3.63) is 53.9 Å². The Hall–Kier alpha value is -2.02. The van der Waals surface area contributed by atoms with Gasteiger partial charge in [0.1, 0.15) is 0 Å². The number of nitrogens with zero attached hydrogens (tertiary/aromatic N) is 2. The van der Waals surface area contributed by atoms with Crippen LogP contribution >= 0.6 is 11.8 Å². The van der Waals surface area contributed by atoms with E-state index in [9.17, 15) is 13.6 Å². The zero-order valence-corrected chi connectivity index (χ0v) is 14.4. The Bertz CT molecular complexity index is 722. The van der Waals surface area contributed by atoms with Gasteiger partial charge in [0, 0.05) is 29.2 Å². The molecule has 0 radical (unpaired) electrons. The Morgan fingerprint density at radius 1 is 1.12 bits per heavy atom. The molecule has 0 aliphatic heterocycles. The third kappa shape index (κ3) is 4.98. The first-order valence-electron chi connectivity index (χ1n) is 8.27. The van der Waals surface area contributed by atoms with Gasteiger partial charge in [-0.15, -0.1) is 0 Å². The van der Waals surface area contributed by atoms with Gasteiger partial charge < -0.3 is 5.32 Å². The first-order chi connectivity index (χ1) is 12.1. The molecule has 0 unspecified atom stereocenters. The molecule has 1 aliphatic rings. The summed E-state index contributed by atoms with van der Waals surface area (Å²) in [4.78, 5) is 20.5. The van der Waals surface area contributed by atoms with Crippen LogP contribution in [-0.4, -0.2) is 27.2 Å². The predicted octanol–water partition coefficient (Wildman–Crippen LogP) is 3.52. The van der Waals surface area contributed by atoms with E-state index in [1.165, 1.54) is 12.1 Å². The summed E-state index contributed by atoms with van der Waals surface area (Å²) >= 11 is 1.67. The van der Waals surface area contributed by atoms with Gasteiger partial charge in [-0.2, -0.15) is 0 Å². The van der Waals surface area contributed by atoms with E-state index in [2.05, 4.69) is 15.3 Å². The van der Waals surface area contributed by atoms with Crippen molar-refractivity contribution < 1.29 is 13.6 Å². The SMILES string of the molecule is O=C(Cc1cccc(F)c1F)NC1CCC(Sc2ncccn2)CC1. The molecular weight excluding hydrogens is 344 g/mol. The fraction of sp³-hybridized carbons (Fsp3) is 0.389. The summed E-state index contributed by atoms with van der Waals surface area (Å²) in [6.45, 7) is 0. The topological polar surface area (TPSA) is 54.9 Å². The normalized spacial score (nSPS) is 20.2. The van der Waals surface area contributed by atoms with E-state index < -0.39 is 11.6 Å². The monoisotopic (exact) mass is 363 g/mol. The number of benzene rings is 1. The van der Waals surface area contributed by atoms with Crippen molar-refractivity contribution in [2.24, 2.45) is 0 Å². The maximum atomic E-state index is 13.6. The van der Waals surface area contributed by atoms with E-state index in [0.29, 0.717) is 5.25 Å². The largest absolute Gasteiger partial charge is 0.353 e. The Morgan fingerprint density at radius 3 is 2.56 bits per heavy atom. The number of aromatic nitrogens is 2. The summed E-state index contributed by atoms with van der Waals surface area (Å²) in [7, 11) is 0. The highest BCUT2D eigenvalue weighted by molar-refractivity contribution is 7.99. The summed E-state index contributed by atoms with van der Waals surface area (Å²) in [5.41, 5.74) is 0.0861. The number of halogens is 2. The van der Waals surface area contributed by atoms with Crippen LogP contribution in [0.3, 0.4) is 0 Å². The molecule has 1 aromatic carbocycles. The maximum absolute atomic E-state index is 13.6. The van der Waals surface area contributed by atoms with Gasteiger partial charge in [-0.05, 0) is 37.8 Å². The van der Waals surface area contributed by atoms with Crippen LogP contribution in [0.4, 0.5) is 8.78 Å². The zero-order valence-electron chi connectivity index (χ0n) is 13.6. The molecule has 1 N–H and O–H groups in total. The molecule has 4 nitrogen and oxygen atoms in total. The summed E-state index contributed by atoms with van der Waals surface area (Å²) in [6, 6.07) is 5.77. The average Bonchev–Trinajstić information content (AvgIpc) is 2.62. The molecule has 1 amide bonds. The average molecular weight is 363 g/mol. The first kappa shape index (κ1) is 17.8. The van der Waals surface area contributed by atoms with Crippen molar-refractivity contribution in [2.75, 3.05) is 0 Å². The summed E-state index contributed by atoms with van der Waals surface area (Å²) in [5, 5.41) is 4.15. The second-order valence-electron chi connectivity index (χ2n) is 6.08. The van der Waals surface area contributed by atoms with Crippen LogP contribution < -0.4 is 5.32 Å². The second kappa shape index (κ2) is 8.38. The van der Waals surface area contributed by atoms with Crippen molar-refractivity contribution >= 4 is 17.7 Å². The van der Waals surface area contributed by atoms with E-state index in [0.717, 1.165) is 36.9 Å². The minimum atomic E-state index is -0.944. The number of carbonyl (C=O) groups is 1. The quantitative estimate of drug-likeness (QED) is 0.826. The Labute approximate surface area is 149 Å². The lowest BCUT2D eigenvalue weighted by atomic mass is 9.94. The molecule has 0 saturated heterocycles. The van der Waals surface area contributed by atoms with Gasteiger partial charge in [0.05, 0.1) is 6.42 Å². The van der Waals surface area contributed by atoms with Crippen LogP contribution in [0.2, 0.25) is 0 Å². The van der Waals surface area contributed by atoms with E-state index in [-0.39, 0.29) is 23.9 Å². The lowest BCUT2D eigenvalue weighted by Gasteiger charge is -2.28. The van der Waals surface area contributed by atoms with E-state index in [1.54, 1.807) is 30.2 Å². The van der Waals surface area contributed by atoms with Crippen molar-refractivity contribution in [2.45, 2.75) is 48.6 Å². The van der Waals surface area contributed by atoms with Crippen LogP contribution in [0.25, 0.3) is 0 Å². The first-order valence-corrected chi connectivity index (χ1v) is 9.15. The molecule has 1 fully saturated rings. The molecule has 0 bridgehead atoms. The van der Waals surface area contributed by atoms with Crippen molar-refractivity contribution in [3.63, 3.8) is 0 Å². The lowest BCUT2D eigenvalue weighted by Crippen LogP contribution is -2.39. The number of amides is 1. The fourth-order valence-electron chi connectivity index (χ4n) is 2.96. The number of hydrogen-bond donors (Lipinski definition) is 1. The molecule has 1 heterocycles. The molecule has 1 aromatic heterocycles. The number of nitrogens with one attached hydrogen (secondary N) is 1. The summed E-state index contributed by atoms with van der Waals surface area (Å²) in [6.07, 6.45) is 6.96. The highest BCUT2D eigenvalue weighted by atomic mass is 32.2. The summed E-state index contributed by atoms with van der Waals surface area (Å²) < 4.78 is 26.8. The number of hydrogen-bond acceptors (Lipinski definition) is 4. The maximum Gasteiger partial charge on any atom is 0.224 e. The number of thioether (sulfide) groups is 1. The molecule has 132 valence electrons. The molecule has 1 aliphatic carbocycles. The summed E-state index contributed by atoms with van der Waals surface area (Å²) in [5.74, 6) is -2.14. The second-order valence-corrected chi connectivity index (χ2v) is 7.35. The van der Waals surface area contributed by atoms with Crippen LogP contribution in [0, 0.1) is 11.6 Å². The van der Waals surface area contributed by atoms with Crippen molar-refractivity contribution in [3.8, 4) is 0 Å². The van der Waals surface area contributed by atoms with E-state index >= 15 is 0 Å². The Balaban J connectivity index is 1.45. The molecule has 3 rings (SSSR count). The molecular formula is C18H19F2N3OS. The minimum absolute atomic E-state index is 0.0812. The molecule has 7 heteroatoms. The number of rotatable bonds is 5. The Morgan fingerprint density at radius 2 is 1.84 bits per heavy atom. The lowest BCUT2D eigenvalue weighted by molar-refractivity contribution is -0.121. The van der Waals surface area contributed by atoms with Gasteiger partial charge in [-0.1, -0.05) is 23.9 Å². The van der Waals surface area contributed by atoms with Crippen LogP contribution in [0.1, 0.15) is 31.2 Å². The van der Waals surface area contributed by atoms with Crippen LogP contribution in [0.5, 0.6) is 0 Å². The highest BCUT2D eigenvalue weighted by Gasteiger charge is 2.24. The van der Waals surface area contributed by atoms with E-state index in [4.69, 9.17) is 0 Å². The van der Waals surface area contributed by atoms with Gasteiger partial charge in [-0.25, -0.2) is 18.7 Å². The molecule has 0 atom stereocenters. The van der Waals surface area contributed by atoms with Gasteiger partial charge in [0.25, 0.3) is 0 Å². The van der Waals surface area contributed by atoms with Crippen molar-refractivity contribution in [1.29, 1.82) is 0 Å². The smallest absolute Gasteiger partial charge is 0.224 e. The van der Waals surface area contributed by atoms with Gasteiger partial charge in [0.2, 0.25) is 5.91 Å². The molecule has 0 spiro atoms.